The van der Waals surface area contributed by atoms with Crippen molar-refractivity contribution in [2.75, 3.05) is 13.7 Å². The first-order chi connectivity index (χ1) is 6.13. The molecule has 5 nitrogen and oxygen atoms in total. The number of ether oxygens (including phenoxy) is 1. The number of esters is 1. The Balaban J connectivity index is 2.37. The van der Waals surface area contributed by atoms with Gasteiger partial charge in [-0.2, -0.15) is 0 Å². The van der Waals surface area contributed by atoms with Crippen molar-refractivity contribution in [2.45, 2.75) is 19.3 Å². The molecule has 1 saturated carbocycles. The lowest BCUT2D eigenvalue weighted by Gasteiger charge is -2.08. The number of nitro groups is 1. The molecule has 0 amide bonds. The third kappa shape index (κ3) is 3.40. The minimum Gasteiger partial charge on any atom is -0.469 e. The van der Waals surface area contributed by atoms with Crippen LogP contribution in [0, 0.1) is 22.0 Å². The van der Waals surface area contributed by atoms with Gasteiger partial charge in [0.05, 0.1) is 13.5 Å². The first kappa shape index (κ1) is 9.95. The fourth-order valence-corrected chi connectivity index (χ4v) is 1.44. The van der Waals surface area contributed by atoms with Crippen LogP contribution in [0.4, 0.5) is 0 Å². The highest BCUT2D eigenvalue weighted by molar-refractivity contribution is 5.69. The van der Waals surface area contributed by atoms with Gasteiger partial charge in [0.25, 0.3) is 0 Å². The molecule has 0 aromatic rings. The molecule has 0 spiro atoms. The predicted molar refractivity (Wildman–Crippen MR) is 44.7 cm³/mol. The number of carbonyl (C=O) groups excluding carboxylic acids is 1. The fourth-order valence-electron chi connectivity index (χ4n) is 1.44. The molecule has 1 fully saturated rings. The second-order valence-corrected chi connectivity index (χ2v) is 3.39. The summed E-state index contributed by atoms with van der Waals surface area (Å²) in [7, 11) is 1.30. The Hall–Kier alpha value is -1.13. The number of rotatable bonds is 5. The summed E-state index contributed by atoms with van der Waals surface area (Å²) in [4.78, 5) is 20.8. The summed E-state index contributed by atoms with van der Waals surface area (Å²) < 4.78 is 4.48. The van der Waals surface area contributed by atoms with Gasteiger partial charge in [-0.25, -0.2) is 0 Å². The topological polar surface area (TPSA) is 69.4 Å². The van der Waals surface area contributed by atoms with Gasteiger partial charge in [-0.05, 0) is 18.8 Å². The van der Waals surface area contributed by atoms with Gasteiger partial charge in [-0.15, -0.1) is 0 Å². The van der Waals surface area contributed by atoms with E-state index in [-0.39, 0.29) is 29.8 Å². The third-order valence-corrected chi connectivity index (χ3v) is 2.33. The summed E-state index contributed by atoms with van der Waals surface area (Å²) in [5.74, 6) is -0.106. The third-order valence-electron chi connectivity index (χ3n) is 2.33. The van der Waals surface area contributed by atoms with Gasteiger partial charge in [0.1, 0.15) is 0 Å². The van der Waals surface area contributed by atoms with E-state index in [1.165, 1.54) is 7.11 Å². The molecule has 0 heterocycles. The van der Waals surface area contributed by atoms with Crippen LogP contribution in [0.15, 0.2) is 0 Å². The van der Waals surface area contributed by atoms with Gasteiger partial charge >= 0.3 is 5.97 Å². The number of hydrogen-bond donors (Lipinski definition) is 0. The van der Waals surface area contributed by atoms with E-state index in [1.54, 1.807) is 0 Å². The SMILES string of the molecule is COC(=O)CC(C[N+](=O)[O-])C1CC1. The van der Waals surface area contributed by atoms with Gasteiger partial charge < -0.3 is 4.74 Å². The summed E-state index contributed by atoms with van der Waals surface area (Å²) in [6.45, 7) is -0.111. The average molecular weight is 187 g/mol. The van der Waals surface area contributed by atoms with Gasteiger partial charge in [0.2, 0.25) is 6.54 Å². The molecular formula is C8H13NO4. The lowest BCUT2D eigenvalue weighted by atomic mass is 10.0. The summed E-state index contributed by atoms with van der Waals surface area (Å²) in [6, 6.07) is 0. The van der Waals surface area contributed by atoms with Crippen LogP contribution in [0.5, 0.6) is 0 Å². The van der Waals surface area contributed by atoms with Gasteiger partial charge in [-0.1, -0.05) is 0 Å². The van der Waals surface area contributed by atoms with E-state index in [4.69, 9.17) is 0 Å². The van der Waals surface area contributed by atoms with E-state index in [9.17, 15) is 14.9 Å². The molecule has 5 heteroatoms. The normalized spacial score (nSPS) is 17.9. The molecule has 1 unspecified atom stereocenters. The van der Waals surface area contributed by atoms with Gasteiger partial charge in [-0.3, -0.25) is 14.9 Å². The van der Waals surface area contributed by atoms with Crippen molar-refractivity contribution < 1.29 is 14.5 Å². The van der Waals surface area contributed by atoms with E-state index in [0.29, 0.717) is 5.92 Å². The summed E-state index contributed by atoms with van der Waals surface area (Å²) >= 11 is 0. The van der Waals surface area contributed by atoms with Crippen LogP contribution in [0.1, 0.15) is 19.3 Å². The van der Waals surface area contributed by atoms with Crippen LogP contribution in [0.25, 0.3) is 0 Å². The van der Waals surface area contributed by atoms with Crippen LogP contribution in [0.2, 0.25) is 0 Å². The van der Waals surface area contributed by atoms with Crippen molar-refractivity contribution in [1.82, 2.24) is 0 Å². The van der Waals surface area contributed by atoms with Crippen LogP contribution in [0.3, 0.4) is 0 Å². The zero-order chi connectivity index (χ0) is 9.84. The maximum Gasteiger partial charge on any atom is 0.306 e. The molecule has 0 bridgehead atoms. The highest BCUT2D eigenvalue weighted by Crippen LogP contribution is 2.38. The second-order valence-electron chi connectivity index (χ2n) is 3.39. The van der Waals surface area contributed by atoms with Crippen molar-refractivity contribution >= 4 is 5.97 Å². The fraction of sp³-hybridized carbons (Fsp3) is 0.875. The van der Waals surface area contributed by atoms with Gasteiger partial charge in [0, 0.05) is 10.8 Å². The lowest BCUT2D eigenvalue weighted by molar-refractivity contribution is -0.489. The number of methoxy groups -OCH3 is 1. The molecule has 0 radical (unpaired) electrons. The highest BCUT2D eigenvalue weighted by Gasteiger charge is 2.36. The molecule has 0 saturated heterocycles. The van der Waals surface area contributed by atoms with E-state index < -0.39 is 0 Å². The van der Waals surface area contributed by atoms with Gasteiger partial charge in [0.15, 0.2) is 0 Å². The Morgan fingerprint density at radius 2 is 2.31 bits per heavy atom. The highest BCUT2D eigenvalue weighted by atomic mass is 16.6. The minimum atomic E-state index is -0.355. The molecule has 1 atom stereocenters. The Labute approximate surface area is 76.2 Å². The molecule has 74 valence electrons. The molecule has 0 aromatic carbocycles. The summed E-state index contributed by atoms with van der Waals surface area (Å²) in [6.07, 6.45) is 2.20. The molecule has 1 rings (SSSR count). The van der Waals surface area contributed by atoms with E-state index in [1.807, 2.05) is 0 Å². The van der Waals surface area contributed by atoms with Crippen molar-refractivity contribution in [3.05, 3.63) is 10.1 Å². The summed E-state index contributed by atoms with van der Waals surface area (Å²) in [5.41, 5.74) is 0. The molecule has 13 heavy (non-hydrogen) atoms. The quantitative estimate of drug-likeness (QED) is 0.363. The lowest BCUT2D eigenvalue weighted by Crippen LogP contribution is -2.20. The average Bonchev–Trinajstić information content (AvgIpc) is 2.84. The number of carbonyl (C=O) groups is 1. The second kappa shape index (κ2) is 4.20. The monoisotopic (exact) mass is 187 g/mol. The molecule has 0 aliphatic heterocycles. The van der Waals surface area contributed by atoms with Crippen LogP contribution >= 0.6 is 0 Å². The molecule has 0 aromatic heterocycles. The molecule has 1 aliphatic rings. The minimum absolute atomic E-state index is 0.111. The van der Waals surface area contributed by atoms with Crippen molar-refractivity contribution in [1.29, 1.82) is 0 Å². The van der Waals surface area contributed by atoms with Crippen LogP contribution in [-0.2, 0) is 9.53 Å². The van der Waals surface area contributed by atoms with Crippen LogP contribution < -0.4 is 0 Å². The standard InChI is InChI=1S/C8H13NO4/c1-13-8(10)4-7(5-9(11)12)6-2-3-6/h6-7H,2-5H2,1H3. The number of nitrogens with zero attached hydrogens (tertiary/aromatic N) is 1. The Morgan fingerprint density at radius 3 is 2.69 bits per heavy atom. The van der Waals surface area contributed by atoms with E-state index in [0.717, 1.165) is 12.8 Å². The first-order valence-corrected chi connectivity index (χ1v) is 4.32. The Bertz CT molecular complexity index is 212. The van der Waals surface area contributed by atoms with E-state index >= 15 is 0 Å². The zero-order valence-electron chi connectivity index (χ0n) is 7.56. The first-order valence-electron chi connectivity index (χ1n) is 4.32. The maximum atomic E-state index is 10.9. The Kier molecular flexibility index (Phi) is 3.22. The van der Waals surface area contributed by atoms with Crippen molar-refractivity contribution in [3.63, 3.8) is 0 Å². The maximum absolute atomic E-state index is 10.9. The number of hydrogen-bond acceptors (Lipinski definition) is 4. The summed E-state index contributed by atoms with van der Waals surface area (Å²) in [5, 5.41) is 10.3. The van der Waals surface area contributed by atoms with E-state index in [2.05, 4.69) is 4.74 Å². The largest absolute Gasteiger partial charge is 0.469 e. The van der Waals surface area contributed by atoms with Crippen LogP contribution in [-0.4, -0.2) is 24.5 Å². The smallest absolute Gasteiger partial charge is 0.306 e. The zero-order valence-corrected chi connectivity index (χ0v) is 7.56. The molecular weight excluding hydrogens is 174 g/mol. The predicted octanol–water partition coefficient (Wildman–Crippen LogP) is 0.852. The Morgan fingerprint density at radius 1 is 1.69 bits per heavy atom. The van der Waals surface area contributed by atoms with Crippen molar-refractivity contribution in [3.8, 4) is 0 Å². The van der Waals surface area contributed by atoms with Crippen molar-refractivity contribution in [2.24, 2.45) is 11.8 Å². The molecule has 1 aliphatic carbocycles. The molecule has 0 N–H and O–H groups in total.